The van der Waals surface area contributed by atoms with Gasteiger partial charge in [-0.3, -0.25) is 15.0 Å². The molecule has 1 aliphatic heterocycles. The summed E-state index contributed by atoms with van der Waals surface area (Å²) in [5, 5.41) is 11.6. The van der Waals surface area contributed by atoms with Crippen LogP contribution in [0.15, 0.2) is 37.1 Å². The first-order chi connectivity index (χ1) is 12.7. The van der Waals surface area contributed by atoms with Crippen molar-refractivity contribution in [1.29, 1.82) is 0 Å². The first-order valence-corrected chi connectivity index (χ1v) is 8.81. The van der Waals surface area contributed by atoms with Gasteiger partial charge in [0.2, 0.25) is 0 Å². The van der Waals surface area contributed by atoms with E-state index in [2.05, 4.69) is 43.4 Å². The monoisotopic (exact) mass is 353 g/mol. The minimum Gasteiger partial charge on any atom is -0.376 e. The van der Waals surface area contributed by atoms with Gasteiger partial charge in [-0.05, 0) is 32.5 Å². The molecule has 0 spiro atoms. The van der Waals surface area contributed by atoms with Gasteiger partial charge in [0.1, 0.15) is 12.2 Å². The Morgan fingerprint density at radius 3 is 2.96 bits per heavy atom. The summed E-state index contributed by atoms with van der Waals surface area (Å²) in [4.78, 5) is 10.6. The molecule has 26 heavy (non-hydrogen) atoms. The van der Waals surface area contributed by atoms with Gasteiger partial charge in [-0.1, -0.05) is 0 Å². The minimum absolute atomic E-state index is 0.128. The van der Waals surface area contributed by atoms with Gasteiger partial charge < -0.3 is 4.74 Å². The lowest BCUT2D eigenvalue weighted by Gasteiger charge is -2.23. The maximum absolute atomic E-state index is 5.95. The molecule has 0 saturated carbocycles. The highest BCUT2D eigenvalue weighted by molar-refractivity contribution is 5.30. The molecule has 4 rings (SSSR count). The first kappa shape index (κ1) is 16.9. The van der Waals surface area contributed by atoms with Gasteiger partial charge in [-0.15, -0.1) is 0 Å². The molecule has 136 valence electrons. The number of aryl methyl sites for hydroxylation is 1. The number of likely N-dealkylation sites (N-methyl/N-ethyl adjacent to an activating group) is 1. The van der Waals surface area contributed by atoms with Gasteiger partial charge in [0.15, 0.2) is 0 Å². The van der Waals surface area contributed by atoms with Crippen LogP contribution in [0.3, 0.4) is 0 Å². The van der Waals surface area contributed by atoms with Crippen LogP contribution >= 0.6 is 0 Å². The number of rotatable bonds is 6. The number of ether oxygens (including phenoxy) is 1. The molecule has 4 heterocycles. The summed E-state index contributed by atoms with van der Waals surface area (Å²) in [6.07, 6.45) is 8.31. The molecule has 1 fully saturated rings. The van der Waals surface area contributed by atoms with Crippen molar-refractivity contribution in [2.45, 2.75) is 31.9 Å². The number of pyridine rings is 1. The van der Waals surface area contributed by atoms with Crippen molar-refractivity contribution in [3.63, 3.8) is 0 Å². The van der Waals surface area contributed by atoms with Crippen LogP contribution in [-0.4, -0.2) is 61.1 Å². The summed E-state index contributed by atoms with van der Waals surface area (Å²) in [6, 6.07) is 3.91. The molecular formula is C18H23N7O. The smallest absolute Gasteiger partial charge is 0.137 e. The molecule has 3 aromatic heterocycles. The third-order valence-corrected chi connectivity index (χ3v) is 4.85. The molecule has 0 bridgehead atoms. The van der Waals surface area contributed by atoms with Crippen LogP contribution in [0.1, 0.15) is 29.4 Å². The van der Waals surface area contributed by atoms with Crippen molar-refractivity contribution in [2.75, 3.05) is 20.2 Å². The predicted octanol–water partition coefficient (Wildman–Crippen LogP) is 1.70. The number of hydrogen-bond acceptors (Lipinski definition) is 6. The van der Waals surface area contributed by atoms with Crippen molar-refractivity contribution < 1.29 is 4.74 Å². The number of H-pyrrole nitrogens is 1. The summed E-state index contributed by atoms with van der Waals surface area (Å²) in [7, 11) is 2.11. The summed E-state index contributed by atoms with van der Waals surface area (Å²) in [5.74, 6) is 1.20. The Kier molecular flexibility index (Phi) is 4.77. The number of nitrogens with zero attached hydrogens (tertiary/aromatic N) is 6. The Hall–Kier alpha value is -2.58. The predicted molar refractivity (Wildman–Crippen MR) is 95.9 cm³/mol. The number of hydrogen-bond donors (Lipinski definition) is 1. The lowest BCUT2D eigenvalue weighted by Crippen LogP contribution is -2.32. The average molecular weight is 353 g/mol. The van der Waals surface area contributed by atoms with Crippen LogP contribution in [0, 0.1) is 6.92 Å². The molecule has 8 nitrogen and oxygen atoms in total. The zero-order valence-electron chi connectivity index (χ0n) is 15.0. The van der Waals surface area contributed by atoms with Crippen LogP contribution in [-0.2, 0) is 11.3 Å². The highest BCUT2D eigenvalue weighted by atomic mass is 16.5. The third kappa shape index (κ3) is 3.51. The maximum atomic E-state index is 5.95. The van der Waals surface area contributed by atoms with E-state index in [0.717, 1.165) is 43.3 Å². The molecule has 0 radical (unpaired) electrons. The largest absolute Gasteiger partial charge is 0.376 e. The molecule has 2 atom stereocenters. The molecule has 0 aromatic carbocycles. The Morgan fingerprint density at radius 2 is 2.19 bits per heavy atom. The van der Waals surface area contributed by atoms with E-state index in [1.807, 2.05) is 23.7 Å². The highest BCUT2D eigenvalue weighted by Gasteiger charge is 2.32. The van der Waals surface area contributed by atoms with Gasteiger partial charge in [0.25, 0.3) is 0 Å². The van der Waals surface area contributed by atoms with Crippen LogP contribution in [0.4, 0.5) is 0 Å². The van der Waals surface area contributed by atoms with Gasteiger partial charge in [-0.25, -0.2) is 9.67 Å². The molecule has 3 aromatic rings. The Bertz CT molecular complexity index is 831. The second kappa shape index (κ2) is 7.35. The molecule has 0 aliphatic carbocycles. The quantitative estimate of drug-likeness (QED) is 0.726. The van der Waals surface area contributed by atoms with Crippen molar-refractivity contribution in [3.05, 3.63) is 54.1 Å². The van der Waals surface area contributed by atoms with Crippen LogP contribution in [0.25, 0.3) is 5.69 Å². The van der Waals surface area contributed by atoms with Crippen molar-refractivity contribution in [1.82, 2.24) is 34.8 Å². The molecule has 8 heteroatoms. The van der Waals surface area contributed by atoms with Crippen molar-refractivity contribution >= 4 is 0 Å². The third-order valence-electron chi connectivity index (χ3n) is 4.85. The van der Waals surface area contributed by atoms with E-state index in [0.29, 0.717) is 0 Å². The molecule has 1 N–H and O–H groups in total. The fraction of sp³-hybridized carbons (Fsp3) is 0.444. The van der Waals surface area contributed by atoms with Gasteiger partial charge in [0.05, 0.1) is 17.5 Å². The number of nitrogens with one attached hydrogen (secondary N) is 1. The number of aromatic amines is 1. The van der Waals surface area contributed by atoms with E-state index in [9.17, 15) is 0 Å². The maximum Gasteiger partial charge on any atom is 0.137 e. The van der Waals surface area contributed by atoms with E-state index in [4.69, 9.17) is 4.74 Å². The molecule has 0 amide bonds. The van der Waals surface area contributed by atoms with Crippen molar-refractivity contribution in [2.24, 2.45) is 0 Å². The fourth-order valence-electron chi connectivity index (χ4n) is 3.48. The van der Waals surface area contributed by atoms with Gasteiger partial charge in [-0.2, -0.15) is 10.2 Å². The number of aromatic nitrogens is 6. The molecule has 0 unspecified atom stereocenters. The summed E-state index contributed by atoms with van der Waals surface area (Å²) in [5.41, 5.74) is 3.26. The lowest BCUT2D eigenvalue weighted by atomic mass is 10.0. The second-order valence-electron chi connectivity index (χ2n) is 6.76. The highest BCUT2D eigenvalue weighted by Crippen LogP contribution is 2.29. The zero-order chi connectivity index (χ0) is 17.9. The SMILES string of the molecule is Cc1nn(-c2ccncc2)cc1CN(C)C[C@H]1OCC[C@H]1c1ncn[nH]1. The zero-order valence-corrected chi connectivity index (χ0v) is 15.0. The molecular weight excluding hydrogens is 330 g/mol. The lowest BCUT2D eigenvalue weighted by molar-refractivity contribution is 0.0710. The van der Waals surface area contributed by atoms with E-state index in [1.54, 1.807) is 18.7 Å². The summed E-state index contributed by atoms with van der Waals surface area (Å²) in [6.45, 7) is 4.47. The second-order valence-corrected chi connectivity index (χ2v) is 6.76. The first-order valence-electron chi connectivity index (χ1n) is 8.81. The topological polar surface area (TPSA) is 84.8 Å². The van der Waals surface area contributed by atoms with E-state index in [-0.39, 0.29) is 12.0 Å². The Balaban J connectivity index is 1.42. The van der Waals surface area contributed by atoms with Crippen LogP contribution in [0.2, 0.25) is 0 Å². The van der Waals surface area contributed by atoms with Crippen molar-refractivity contribution in [3.8, 4) is 5.69 Å². The van der Waals surface area contributed by atoms with E-state index < -0.39 is 0 Å². The van der Waals surface area contributed by atoms with Gasteiger partial charge in [0, 0.05) is 49.8 Å². The minimum atomic E-state index is 0.128. The Labute approximate surface area is 152 Å². The molecule has 1 saturated heterocycles. The summed E-state index contributed by atoms with van der Waals surface area (Å²) >= 11 is 0. The standard InChI is InChI=1S/C18H23N7O/c1-13-14(10-25(23-13)15-3-6-19-7-4-15)9-24(2)11-17-16(5-8-26-17)18-20-12-21-22-18/h3-4,6-7,10,12,16-17H,5,8-9,11H2,1-2H3,(H,20,21,22)/t16-,17-/m1/s1. The average Bonchev–Trinajstić information content (AvgIpc) is 3.37. The van der Waals surface area contributed by atoms with Crippen LogP contribution < -0.4 is 0 Å². The normalized spacial score (nSPS) is 20.1. The van der Waals surface area contributed by atoms with E-state index >= 15 is 0 Å². The fourth-order valence-corrected chi connectivity index (χ4v) is 3.48. The Morgan fingerprint density at radius 1 is 1.35 bits per heavy atom. The van der Waals surface area contributed by atoms with E-state index in [1.165, 1.54) is 5.56 Å². The van der Waals surface area contributed by atoms with Gasteiger partial charge >= 0.3 is 0 Å². The summed E-state index contributed by atoms with van der Waals surface area (Å²) < 4.78 is 7.85. The molecule has 1 aliphatic rings. The van der Waals surface area contributed by atoms with Crippen LogP contribution in [0.5, 0.6) is 0 Å².